The van der Waals surface area contributed by atoms with Crippen LogP contribution in [0.25, 0.3) is 16.9 Å². The van der Waals surface area contributed by atoms with E-state index in [-0.39, 0.29) is 6.10 Å². The fourth-order valence-corrected chi connectivity index (χ4v) is 3.30. The highest BCUT2D eigenvalue weighted by Crippen LogP contribution is 2.25. The van der Waals surface area contributed by atoms with Crippen LogP contribution in [0.15, 0.2) is 61.1 Å². The summed E-state index contributed by atoms with van der Waals surface area (Å²) in [7, 11) is 0. The third-order valence-electron chi connectivity index (χ3n) is 4.70. The number of pyridine rings is 1. The maximum Gasteiger partial charge on any atom is 0.0988 e. The lowest BCUT2D eigenvalue weighted by molar-refractivity contribution is 0.0793. The summed E-state index contributed by atoms with van der Waals surface area (Å²) in [6.45, 7) is 2.68. The number of para-hydroxylation sites is 1. The number of rotatable bonds is 4. The van der Waals surface area contributed by atoms with Crippen LogP contribution in [0.2, 0.25) is 0 Å². The van der Waals surface area contributed by atoms with Crippen molar-refractivity contribution in [3.8, 4) is 16.9 Å². The van der Waals surface area contributed by atoms with Gasteiger partial charge in [0.2, 0.25) is 0 Å². The van der Waals surface area contributed by atoms with Crippen LogP contribution in [0, 0.1) is 0 Å². The quantitative estimate of drug-likeness (QED) is 0.797. The van der Waals surface area contributed by atoms with E-state index in [1.807, 2.05) is 41.2 Å². The number of hydrogen-bond acceptors (Lipinski definition) is 4. The Bertz CT molecular complexity index is 808. The van der Waals surface area contributed by atoms with Crippen molar-refractivity contribution >= 4 is 0 Å². The first-order chi connectivity index (χ1) is 12.3. The van der Waals surface area contributed by atoms with Gasteiger partial charge in [-0.1, -0.05) is 18.2 Å². The van der Waals surface area contributed by atoms with E-state index in [1.165, 1.54) is 5.56 Å². The predicted octanol–water partition coefficient (Wildman–Crippen LogP) is 2.89. The summed E-state index contributed by atoms with van der Waals surface area (Å²) in [6.07, 6.45) is 7.29. The minimum Gasteiger partial charge on any atom is -0.393 e. The number of likely N-dealkylation sites (tertiary alicyclic amines) is 1. The first-order valence-electron chi connectivity index (χ1n) is 8.74. The maximum absolute atomic E-state index is 9.73. The van der Waals surface area contributed by atoms with Gasteiger partial charge < -0.3 is 5.11 Å². The average molecular weight is 334 g/mol. The van der Waals surface area contributed by atoms with Crippen LogP contribution in [0.4, 0.5) is 0 Å². The lowest BCUT2D eigenvalue weighted by Crippen LogP contribution is -2.35. The van der Waals surface area contributed by atoms with Crippen LogP contribution in [-0.4, -0.2) is 44.0 Å². The summed E-state index contributed by atoms with van der Waals surface area (Å²) < 4.78 is 1.94. The number of aliphatic hydroxyl groups excluding tert-OH is 1. The minimum absolute atomic E-state index is 0.152. The van der Waals surface area contributed by atoms with Crippen LogP contribution < -0.4 is 0 Å². The van der Waals surface area contributed by atoms with Crippen molar-refractivity contribution in [3.05, 3.63) is 66.6 Å². The number of aromatic nitrogens is 3. The molecule has 0 aliphatic carbocycles. The Hall–Kier alpha value is -2.50. The van der Waals surface area contributed by atoms with Crippen molar-refractivity contribution in [1.29, 1.82) is 0 Å². The van der Waals surface area contributed by atoms with Gasteiger partial charge in [0.15, 0.2) is 0 Å². The fraction of sp³-hybridized carbons (Fsp3) is 0.300. The molecule has 0 radical (unpaired) electrons. The van der Waals surface area contributed by atoms with Gasteiger partial charge in [-0.25, -0.2) is 4.68 Å². The molecule has 0 atom stereocenters. The monoisotopic (exact) mass is 334 g/mol. The van der Waals surface area contributed by atoms with Gasteiger partial charge in [0, 0.05) is 49.4 Å². The molecule has 5 heteroatoms. The molecule has 25 heavy (non-hydrogen) atoms. The molecule has 1 aliphatic heterocycles. The van der Waals surface area contributed by atoms with E-state index in [4.69, 9.17) is 5.10 Å². The molecule has 1 aromatic carbocycles. The van der Waals surface area contributed by atoms with Crippen molar-refractivity contribution < 1.29 is 5.11 Å². The summed E-state index contributed by atoms with van der Waals surface area (Å²) in [5.74, 6) is 0. The predicted molar refractivity (Wildman–Crippen MR) is 97.3 cm³/mol. The minimum atomic E-state index is -0.152. The van der Waals surface area contributed by atoms with Crippen LogP contribution >= 0.6 is 0 Å². The molecule has 128 valence electrons. The van der Waals surface area contributed by atoms with Crippen molar-refractivity contribution in [2.75, 3.05) is 13.1 Å². The second-order valence-electron chi connectivity index (χ2n) is 6.53. The number of aliphatic hydroxyl groups is 1. The average Bonchev–Trinajstić information content (AvgIpc) is 3.09. The Morgan fingerprint density at radius 3 is 2.56 bits per heavy atom. The zero-order chi connectivity index (χ0) is 17.1. The Morgan fingerprint density at radius 2 is 1.84 bits per heavy atom. The fourth-order valence-electron chi connectivity index (χ4n) is 3.30. The maximum atomic E-state index is 9.73. The largest absolute Gasteiger partial charge is 0.393 e. The van der Waals surface area contributed by atoms with Crippen molar-refractivity contribution in [2.45, 2.75) is 25.5 Å². The Kier molecular flexibility index (Phi) is 4.59. The van der Waals surface area contributed by atoms with E-state index in [9.17, 15) is 5.11 Å². The molecule has 0 amide bonds. The lowest BCUT2D eigenvalue weighted by Gasteiger charge is -2.29. The summed E-state index contributed by atoms with van der Waals surface area (Å²) >= 11 is 0. The molecular formula is C20H22N4O. The molecule has 2 aromatic heterocycles. The molecule has 0 saturated carbocycles. The Balaban J connectivity index is 1.67. The molecule has 1 aliphatic rings. The third kappa shape index (κ3) is 3.62. The molecule has 1 fully saturated rings. The Morgan fingerprint density at radius 1 is 1.04 bits per heavy atom. The highest BCUT2D eigenvalue weighted by atomic mass is 16.3. The van der Waals surface area contributed by atoms with Crippen molar-refractivity contribution in [3.63, 3.8) is 0 Å². The lowest BCUT2D eigenvalue weighted by atomic mass is 10.1. The second kappa shape index (κ2) is 7.17. The SMILES string of the molecule is OC1CCN(Cc2cn(-c3ccccc3)nc2-c2cccnc2)CC1. The Labute approximate surface area is 147 Å². The van der Waals surface area contributed by atoms with E-state index < -0.39 is 0 Å². The van der Waals surface area contributed by atoms with E-state index in [0.717, 1.165) is 49.4 Å². The topological polar surface area (TPSA) is 54.2 Å². The van der Waals surface area contributed by atoms with Crippen LogP contribution in [0.3, 0.4) is 0 Å². The number of nitrogens with zero attached hydrogens (tertiary/aromatic N) is 4. The van der Waals surface area contributed by atoms with Crippen LogP contribution in [0.1, 0.15) is 18.4 Å². The summed E-state index contributed by atoms with van der Waals surface area (Å²) in [6, 6.07) is 14.2. The molecule has 0 spiro atoms. The van der Waals surface area contributed by atoms with Crippen LogP contribution in [-0.2, 0) is 6.54 Å². The van der Waals surface area contributed by atoms with Gasteiger partial charge in [0.25, 0.3) is 0 Å². The zero-order valence-electron chi connectivity index (χ0n) is 14.1. The van der Waals surface area contributed by atoms with Gasteiger partial charge >= 0.3 is 0 Å². The molecule has 3 heterocycles. The standard InChI is InChI=1S/C20H22N4O/c25-19-8-11-23(12-9-19)14-17-15-24(18-6-2-1-3-7-18)22-20(17)16-5-4-10-21-13-16/h1-7,10,13,15,19,25H,8-9,11-12,14H2. The molecule has 0 unspecified atom stereocenters. The van der Waals surface area contributed by atoms with E-state index in [1.54, 1.807) is 6.20 Å². The number of hydrogen-bond donors (Lipinski definition) is 1. The summed E-state index contributed by atoms with van der Waals surface area (Å²) in [4.78, 5) is 6.63. The van der Waals surface area contributed by atoms with Gasteiger partial charge in [-0.3, -0.25) is 9.88 Å². The van der Waals surface area contributed by atoms with Gasteiger partial charge in [-0.2, -0.15) is 5.10 Å². The normalized spacial score (nSPS) is 16.2. The first kappa shape index (κ1) is 16.0. The molecule has 3 aromatic rings. The van der Waals surface area contributed by atoms with Crippen molar-refractivity contribution in [2.24, 2.45) is 0 Å². The van der Waals surface area contributed by atoms with Gasteiger partial charge in [-0.05, 0) is 37.1 Å². The van der Waals surface area contributed by atoms with Gasteiger partial charge in [0.05, 0.1) is 17.5 Å². The number of benzene rings is 1. The van der Waals surface area contributed by atoms with Gasteiger partial charge in [-0.15, -0.1) is 0 Å². The molecular weight excluding hydrogens is 312 g/mol. The molecule has 1 saturated heterocycles. The third-order valence-corrected chi connectivity index (χ3v) is 4.70. The van der Waals surface area contributed by atoms with Crippen LogP contribution in [0.5, 0.6) is 0 Å². The zero-order valence-corrected chi connectivity index (χ0v) is 14.1. The van der Waals surface area contributed by atoms with Crippen molar-refractivity contribution in [1.82, 2.24) is 19.7 Å². The highest BCUT2D eigenvalue weighted by molar-refractivity contribution is 5.62. The molecule has 0 bridgehead atoms. The second-order valence-corrected chi connectivity index (χ2v) is 6.53. The first-order valence-corrected chi connectivity index (χ1v) is 8.74. The van der Waals surface area contributed by atoms with E-state index >= 15 is 0 Å². The smallest absolute Gasteiger partial charge is 0.0988 e. The number of piperidine rings is 1. The highest BCUT2D eigenvalue weighted by Gasteiger charge is 2.20. The summed E-state index contributed by atoms with van der Waals surface area (Å²) in [5, 5.41) is 14.6. The van der Waals surface area contributed by atoms with Gasteiger partial charge in [0.1, 0.15) is 0 Å². The van der Waals surface area contributed by atoms with E-state index in [0.29, 0.717) is 0 Å². The summed E-state index contributed by atoms with van der Waals surface area (Å²) in [5.41, 5.74) is 4.24. The van der Waals surface area contributed by atoms with E-state index in [2.05, 4.69) is 28.2 Å². The molecule has 1 N–H and O–H groups in total. The molecule has 4 rings (SSSR count). The molecule has 5 nitrogen and oxygen atoms in total.